The van der Waals surface area contributed by atoms with Gasteiger partial charge in [-0.05, 0) is 42.0 Å². The number of amides is 1. The summed E-state index contributed by atoms with van der Waals surface area (Å²) in [6, 6.07) is 30.1. The maximum Gasteiger partial charge on any atom is 0.296 e. The molecule has 0 aliphatic heterocycles. The van der Waals surface area contributed by atoms with Crippen LogP contribution >= 0.6 is 0 Å². The SMILES string of the molecule is Cc1c(N(CC(=O)N/N=C/c2cccc3ccccc23)S(=O)(=O)c2ccccc2)c(=O)n(-c2ccccc2)n1C. The van der Waals surface area contributed by atoms with Gasteiger partial charge in [0.05, 0.1) is 22.5 Å². The van der Waals surface area contributed by atoms with Crippen molar-refractivity contribution < 1.29 is 13.2 Å². The highest BCUT2D eigenvalue weighted by molar-refractivity contribution is 7.92. The third-order valence-electron chi connectivity index (χ3n) is 6.61. The monoisotopic (exact) mass is 553 g/mol. The predicted molar refractivity (Wildman–Crippen MR) is 156 cm³/mol. The average Bonchev–Trinajstić information content (AvgIpc) is 3.19. The maximum absolute atomic E-state index is 13.8. The molecule has 5 rings (SSSR count). The first-order valence-electron chi connectivity index (χ1n) is 12.5. The zero-order valence-electron chi connectivity index (χ0n) is 21.9. The number of rotatable bonds is 8. The number of aromatic nitrogens is 2. The normalized spacial score (nSPS) is 11.7. The van der Waals surface area contributed by atoms with Crippen molar-refractivity contribution in [2.75, 3.05) is 10.8 Å². The minimum absolute atomic E-state index is 0.0454. The first-order valence-corrected chi connectivity index (χ1v) is 13.9. The number of hydrazone groups is 1. The molecule has 9 nitrogen and oxygen atoms in total. The number of nitrogens with one attached hydrogen (secondary N) is 1. The summed E-state index contributed by atoms with van der Waals surface area (Å²) in [4.78, 5) is 26.8. The molecule has 1 N–H and O–H groups in total. The number of hydrogen-bond donors (Lipinski definition) is 1. The summed E-state index contributed by atoms with van der Waals surface area (Å²) >= 11 is 0. The second-order valence-corrected chi connectivity index (χ2v) is 11.0. The van der Waals surface area contributed by atoms with Crippen LogP contribution in [0.3, 0.4) is 0 Å². The van der Waals surface area contributed by atoms with Crippen molar-refractivity contribution in [2.45, 2.75) is 11.8 Å². The lowest BCUT2D eigenvalue weighted by atomic mass is 10.1. The largest absolute Gasteiger partial charge is 0.296 e. The Labute approximate surface area is 231 Å². The fraction of sp³-hybridized carbons (Fsp3) is 0.100. The molecule has 0 saturated heterocycles. The van der Waals surface area contributed by atoms with Crippen LogP contribution in [0.5, 0.6) is 0 Å². The van der Waals surface area contributed by atoms with Crippen molar-refractivity contribution in [3.8, 4) is 5.69 Å². The van der Waals surface area contributed by atoms with E-state index in [1.54, 1.807) is 61.1 Å². The van der Waals surface area contributed by atoms with E-state index in [2.05, 4.69) is 10.5 Å². The van der Waals surface area contributed by atoms with Crippen molar-refractivity contribution in [1.29, 1.82) is 0 Å². The number of anilines is 1. The van der Waals surface area contributed by atoms with Crippen LogP contribution in [0.25, 0.3) is 16.5 Å². The molecule has 0 bridgehead atoms. The number of sulfonamides is 1. The second kappa shape index (κ2) is 11.0. The van der Waals surface area contributed by atoms with Crippen molar-refractivity contribution in [1.82, 2.24) is 14.8 Å². The molecule has 0 aliphatic rings. The first kappa shape index (κ1) is 26.6. The zero-order valence-corrected chi connectivity index (χ0v) is 22.7. The highest BCUT2D eigenvalue weighted by Crippen LogP contribution is 2.25. The van der Waals surface area contributed by atoms with E-state index in [-0.39, 0.29) is 10.6 Å². The lowest BCUT2D eigenvalue weighted by Gasteiger charge is -2.22. The molecule has 202 valence electrons. The molecule has 0 radical (unpaired) electrons. The summed E-state index contributed by atoms with van der Waals surface area (Å²) in [5.41, 5.74) is 3.45. The number of para-hydroxylation sites is 1. The maximum atomic E-state index is 13.8. The summed E-state index contributed by atoms with van der Waals surface area (Å²) in [5, 5.41) is 6.05. The van der Waals surface area contributed by atoms with E-state index in [0.29, 0.717) is 11.4 Å². The van der Waals surface area contributed by atoms with Crippen LogP contribution in [0.1, 0.15) is 11.3 Å². The Bertz CT molecular complexity index is 1870. The van der Waals surface area contributed by atoms with Gasteiger partial charge in [0, 0.05) is 12.6 Å². The van der Waals surface area contributed by atoms with Gasteiger partial charge < -0.3 is 0 Å². The van der Waals surface area contributed by atoms with Crippen LogP contribution in [0, 0.1) is 6.92 Å². The molecule has 0 spiro atoms. The van der Waals surface area contributed by atoms with Crippen molar-refractivity contribution in [2.24, 2.45) is 12.1 Å². The number of carbonyl (C=O) groups excluding carboxylic acids is 1. The molecule has 0 saturated carbocycles. The van der Waals surface area contributed by atoms with Crippen LogP contribution in [0.2, 0.25) is 0 Å². The Balaban J connectivity index is 1.51. The van der Waals surface area contributed by atoms with Gasteiger partial charge in [-0.1, -0.05) is 78.9 Å². The van der Waals surface area contributed by atoms with E-state index in [1.807, 2.05) is 48.5 Å². The number of fused-ring (bicyclic) bond motifs is 1. The smallest absolute Gasteiger partial charge is 0.283 e. The van der Waals surface area contributed by atoms with Gasteiger partial charge in [0.15, 0.2) is 0 Å². The van der Waals surface area contributed by atoms with E-state index >= 15 is 0 Å². The first-order chi connectivity index (χ1) is 19.3. The van der Waals surface area contributed by atoms with Gasteiger partial charge in [-0.2, -0.15) is 5.10 Å². The van der Waals surface area contributed by atoms with Gasteiger partial charge in [-0.15, -0.1) is 0 Å². The van der Waals surface area contributed by atoms with Gasteiger partial charge in [-0.3, -0.25) is 14.3 Å². The predicted octanol–water partition coefficient (Wildman–Crippen LogP) is 3.98. The molecule has 5 aromatic rings. The third-order valence-corrected chi connectivity index (χ3v) is 8.37. The summed E-state index contributed by atoms with van der Waals surface area (Å²) in [5.74, 6) is -0.704. The fourth-order valence-electron chi connectivity index (χ4n) is 4.55. The van der Waals surface area contributed by atoms with Gasteiger partial charge in [-0.25, -0.2) is 22.8 Å². The minimum Gasteiger partial charge on any atom is -0.283 e. The minimum atomic E-state index is -4.29. The molecule has 0 fully saturated rings. The molecule has 10 heteroatoms. The molecule has 4 aromatic carbocycles. The topological polar surface area (TPSA) is 106 Å². The fourth-order valence-corrected chi connectivity index (χ4v) is 6.04. The Kier molecular flexibility index (Phi) is 7.35. The lowest BCUT2D eigenvalue weighted by molar-refractivity contribution is -0.119. The number of nitrogens with zero attached hydrogens (tertiary/aromatic N) is 4. The van der Waals surface area contributed by atoms with Crippen LogP contribution < -0.4 is 15.3 Å². The van der Waals surface area contributed by atoms with E-state index < -0.39 is 28.0 Å². The Morgan fingerprint density at radius 3 is 2.25 bits per heavy atom. The summed E-state index contributed by atoms with van der Waals surface area (Å²) in [6.07, 6.45) is 1.51. The summed E-state index contributed by atoms with van der Waals surface area (Å²) < 4.78 is 31.4. The molecule has 1 aromatic heterocycles. The van der Waals surface area contributed by atoms with Crippen LogP contribution in [-0.2, 0) is 21.9 Å². The van der Waals surface area contributed by atoms with Crippen LogP contribution in [0.4, 0.5) is 5.69 Å². The van der Waals surface area contributed by atoms with Crippen LogP contribution in [0.15, 0.2) is 118 Å². The summed E-state index contributed by atoms with van der Waals surface area (Å²) in [6.45, 7) is 0.985. The molecule has 0 atom stereocenters. The average molecular weight is 554 g/mol. The molecular weight excluding hydrogens is 526 g/mol. The van der Waals surface area contributed by atoms with Gasteiger partial charge in [0.1, 0.15) is 12.2 Å². The van der Waals surface area contributed by atoms with Gasteiger partial charge >= 0.3 is 0 Å². The standard InChI is InChI=1S/C30H27N5O4S/c1-22-29(30(37)35(33(22)2)25-15-5-3-6-16-25)34(40(38,39)26-17-7-4-8-18-26)21-28(36)32-31-20-24-14-11-13-23-12-9-10-19-27(23)24/h3-20H,21H2,1-2H3,(H,32,36)/b31-20+. The number of hydrogen-bond acceptors (Lipinski definition) is 5. The molecular formula is C30H27N5O4S. The third kappa shape index (κ3) is 5.04. The van der Waals surface area contributed by atoms with E-state index in [0.717, 1.165) is 20.6 Å². The molecule has 1 heterocycles. The van der Waals surface area contributed by atoms with Gasteiger partial charge in [0.25, 0.3) is 21.5 Å². The number of benzene rings is 4. The van der Waals surface area contributed by atoms with Crippen molar-refractivity contribution >= 4 is 38.6 Å². The molecule has 40 heavy (non-hydrogen) atoms. The number of carbonyl (C=O) groups is 1. The Morgan fingerprint density at radius 1 is 0.900 bits per heavy atom. The highest BCUT2D eigenvalue weighted by atomic mass is 32.2. The second-order valence-electron chi connectivity index (χ2n) is 9.10. The molecule has 0 aliphatic carbocycles. The lowest BCUT2D eigenvalue weighted by Crippen LogP contribution is -2.42. The Morgan fingerprint density at radius 2 is 1.52 bits per heavy atom. The Hall–Kier alpha value is -4.96. The van der Waals surface area contributed by atoms with Crippen LogP contribution in [-0.4, -0.2) is 36.4 Å². The van der Waals surface area contributed by atoms with Gasteiger partial charge in [0.2, 0.25) is 0 Å². The highest BCUT2D eigenvalue weighted by Gasteiger charge is 2.33. The molecule has 1 amide bonds. The quantitative estimate of drug-likeness (QED) is 0.232. The molecule has 0 unspecified atom stereocenters. The van der Waals surface area contributed by atoms with Crippen molar-refractivity contribution in [3.05, 3.63) is 125 Å². The van der Waals surface area contributed by atoms with E-state index in [1.165, 1.54) is 23.0 Å². The van der Waals surface area contributed by atoms with Crippen molar-refractivity contribution in [3.63, 3.8) is 0 Å². The summed E-state index contributed by atoms with van der Waals surface area (Å²) in [7, 11) is -2.63. The van der Waals surface area contributed by atoms with E-state index in [4.69, 9.17) is 0 Å². The van der Waals surface area contributed by atoms with E-state index in [9.17, 15) is 18.0 Å². The zero-order chi connectivity index (χ0) is 28.3.